The minimum absolute atomic E-state index is 0.0902. The zero-order valence-electron chi connectivity index (χ0n) is 15.9. The number of anilines is 1. The first kappa shape index (κ1) is 21.8. The molecule has 0 bridgehead atoms. The summed E-state index contributed by atoms with van der Waals surface area (Å²) in [5.74, 6) is -0.416. The molecule has 0 amide bonds. The van der Waals surface area contributed by atoms with E-state index in [9.17, 15) is 19.1 Å². The molecule has 1 atom stereocenters. The molecule has 0 fully saturated rings. The Bertz CT molecular complexity index is 974. The lowest BCUT2D eigenvalue weighted by Crippen LogP contribution is -2.09. The molecule has 7 nitrogen and oxygen atoms in total. The molecule has 0 aliphatic carbocycles. The molecule has 29 heavy (non-hydrogen) atoms. The van der Waals surface area contributed by atoms with Gasteiger partial charge in [-0.15, -0.1) is 0 Å². The van der Waals surface area contributed by atoms with Gasteiger partial charge in [0.1, 0.15) is 16.7 Å². The van der Waals surface area contributed by atoms with Crippen LogP contribution in [0.5, 0.6) is 5.75 Å². The number of para-hydroxylation sites is 1. The topological polar surface area (TPSA) is 98.5 Å². The van der Waals surface area contributed by atoms with Crippen molar-refractivity contribution in [3.8, 4) is 5.75 Å². The summed E-state index contributed by atoms with van der Waals surface area (Å²) < 4.78 is 20.3. The van der Waals surface area contributed by atoms with Crippen LogP contribution >= 0.6 is 0 Å². The molecule has 0 spiro atoms. The lowest BCUT2D eigenvalue weighted by atomic mass is 10.2. The molecule has 3 aromatic carbocycles. The van der Waals surface area contributed by atoms with E-state index in [2.05, 4.69) is 4.72 Å². The van der Waals surface area contributed by atoms with Crippen LogP contribution in [0.4, 0.5) is 11.4 Å². The van der Waals surface area contributed by atoms with Gasteiger partial charge in [-0.2, -0.15) is 0 Å². The number of esters is 1. The zero-order valence-corrected chi connectivity index (χ0v) is 16.7. The summed E-state index contributed by atoms with van der Waals surface area (Å²) in [4.78, 5) is 22.8. The normalized spacial score (nSPS) is 10.8. The minimum atomic E-state index is -1.47. The quantitative estimate of drug-likeness (QED) is 0.267. The summed E-state index contributed by atoms with van der Waals surface area (Å²) in [6, 6.07) is 20.5. The van der Waals surface area contributed by atoms with Crippen molar-refractivity contribution in [2.45, 2.75) is 18.7 Å². The molecule has 0 aliphatic rings. The maximum Gasteiger partial charge on any atom is 0.343 e. The Kier molecular flexibility index (Phi) is 8.05. The first-order chi connectivity index (χ1) is 14.0. The van der Waals surface area contributed by atoms with Crippen molar-refractivity contribution in [1.29, 1.82) is 0 Å². The lowest BCUT2D eigenvalue weighted by Gasteiger charge is -2.07. The van der Waals surface area contributed by atoms with E-state index in [1.54, 1.807) is 24.3 Å². The number of benzene rings is 3. The molecule has 3 rings (SSSR count). The van der Waals surface area contributed by atoms with Gasteiger partial charge in [-0.3, -0.25) is 10.1 Å². The molecule has 8 heteroatoms. The molecule has 0 saturated carbocycles. The van der Waals surface area contributed by atoms with E-state index in [0.29, 0.717) is 4.90 Å². The molecule has 1 N–H and O–H groups in total. The fraction of sp³-hybridized carbons (Fsp3) is 0.0952. The number of ether oxygens (including phenoxy) is 1. The van der Waals surface area contributed by atoms with E-state index < -0.39 is 21.9 Å². The predicted octanol–water partition coefficient (Wildman–Crippen LogP) is 4.97. The summed E-state index contributed by atoms with van der Waals surface area (Å²) >= 11 is 0. The summed E-state index contributed by atoms with van der Waals surface area (Å²) in [6.07, 6.45) is 0. The van der Waals surface area contributed by atoms with Crippen molar-refractivity contribution in [1.82, 2.24) is 0 Å². The highest BCUT2D eigenvalue weighted by Crippen LogP contribution is 2.19. The second kappa shape index (κ2) is 10.7. The van der Waals surface area contributed by atoms with Gasteiger partial charge >= 0.3 is 5.97 Å². The fourth-order valence-electron chi connectivity index (χ4n) is 2.19. The SMILES string of the molecule is CC.O=C(Oc1ccc([N+](=O)[O-])cc1)c1ccc(S(=O)Nc2ccccc2)cc1. The molecular weight excluding hydrogens is 392 g/mol. The zero-order chi connectivity index (χ0) is 21.2. The van der Waals surface area contributed by atoms with E-state index >= 15 is 0 Å². The maximum atomic E-state index is 12.3. The van der Waals surface area contributed by atoms with Gasteiger partial charge in [0.2, 0.25) is 0 Å². The molecule has 0 radical (unpaired) electrons. The van der Waals surface area contributed by atoms with Crippen LogP contribution in [0.3, 0.4) is 0 Å². The predicted molar refractivity (Wildman–Crippen MR) is 112 cm³/mol. The third kappa shape index (κ3) is 6.25. The van der Waals surface area contributed by atoms with Gasteiger partial charge < -0.3 is 9.46 Å². The third-order valence-corrected chi connectivity index (χ3v) is 4.67. The average molecular weight is 412 g/mol. The molecule has 0 saturated heterocycles. The van der Waals surface area contributed by atoms with Gasteiger partial charge in [-0.05, 0) is 48.5 Å². The van der Waals surface area contributed by atoms with Crippen LogP contribution in [0.2, 0.25) is 0 Å². The number of nitro benzene ring substituents is 1. The molecule has 150 valence electrons. The van der Waals surface area contributed by atoms with Crippen LogP contribution in [0.1, 0.15) is 24.2 Å². The van der Waals surface area contributed by atoms with Crippen LogP contribution in [0, 0.1) is 10.1 Å². The first-order valence-electron chi connectivity index (χ1n) is 8.83. The number of hydrogen-bond donors (Lipinski definition) is 1. The highest BCUT2D eigenvalue weighted by molar-refractivity contribution is 7.86. The van der Waals surface area contributed by atoms with E-state index in [1.165, 1.54) is 36.4 Å². The van der Waals surface area contributed by atoms with Crippen molar-refractivity contribution in [3.05, 3.63) is 94.5 Å². The Hall–Kier alpha value is -3.52. The van der Waals surface area contributed by atoms with E-state index in [-0.39, 0.29) is 17.0 Å². The highest BCUT2D eigenvalue weighted by Gasteiger charge is 2.12. The fourth-order valence-corrected chi connectivity index (χ4v) is 3.04. The number of carbonyl (C=O) groups is 1. The van der Waals surface area contributed by atoms with Crippen molar-refractivity contribution in [2.75, 3.05) is 4.72 Å². The number of hydrogen-bond acceptors (Lipinski definition) is 5. The summed E-state index contributed by atoms with van der Waals surface area (Å²) in [6.45, 7) is 4.00. The Morgan fingerprint density at radius 3 is 2.07 bits per heavy atom. The Morgan fingerprint density at radius 2 is 1.52 bits per heavy atom. The van der Waals surface area contributed by atoms with Crippen molar-refractivity contribution in [2.24, 2.45) is 0 Å². The van der Waals surface area contributed by atoms with Gasteiger partial charge in [0, 0.05) is 17.8 Å². The van der Waals surface area contributed by atoms with Gasteiger partial charge in [0.05, 0.1) is 15.4 Å². The highest BCUT2D eigenvalue weighted by atomic mass is 32.2. The second-order valence-corrected chi connectivity index (χ2v) is 6.61. The molecule has 3 aromatic rings. The third-order valence-electron chi connectivity index (χ3n) is 3.55. The molecule has 0 heterocycles. The smallest absolute Gasteiger partial charge is 0.343 e. The van der Waals surface area contributed by atoms with Crippen LogP contribution in [0.15, 0.2) is 83.8 Å². The van der Waals surface area contributed by atoms with Crippen LogP contribution in [-0.4, -0.2) is 15.1 Å². The van der Waals surface area contributed by atoms with Crippen LogP contribution in [-0.2, 0) is 11.0 Å². The number of nitro groups is 1. The number of rotatable bonds is 6. The number of non-ortho nitro benzene ring substituents is 1. The Balaban J connectivity index is 0.00000145. The number of nitrogens with one attached hydrogen (secondary N) is 1. The van der Waals surface area contributed by atoms with Crippen molar-refractivity contribution in [3.63, 3.8) is 0 Å². The van der Waals surface area contributed by atoms with E-state index in [0.717, 1.165) is 5.69 Å². The van der Waals surface area contributed by atoms with Gasteiger partial charge in [-0.1, -0.05) is 32.0 Å². The number of carbonyl (C=O) groups excluding carboxylic acids is 1. The molecule has 1 unspecified atom stereocenters. The van der Waals surface area contributed by atoms with Crippen LogP contribution < -0.4 is 9.46 Å². The molecule has 0 aliphatic heterocycles. The summed E-state index contributed by atoms with van der Waals surface area (Å²) in [7, 11) is -1.47. The number of nitrogens with zero attached hydrogens (tertiary/aromatic N) is 1. The first-order valence-corrected chi connectivity index (χ1v) is 9.98. The van der Waals surface area contributed by atoms with Crippen LogP contribution in [0.25, 0.3) is 0 Å². The standard InChI is InChI=1S/C19H14N2O5S.C2H6/c22-19(26-17-10-8-16(9-11-17)21(23)24)14-6-12-18(13-7-14)27(25)20-15-4-2-1-3-5-15;1-2/h1-13,20H;1-2H3. The monoisotopic (exact) mass is 412 g/mol. The second-order valence-electron chi connectivity index (χ2n) is 5.40. The lowest BCUT2D eigenvalue weighted by molar-refractivity contribution is -0.384. The minimum Gasteiger partial charge on any atom is -0.423 e. The van der Waals surface area contributed by atoms with E-state index in [4.69, 9.17) is 4.74 Å². The summed E-state index contributed by atoms with van der Waals surface area (Å²) in [5, 5.41) is 10.6. The van der Waals surface area contributed by atoms with Crippen molar-refractivity contribution >= 4 is 28.3 Å². The van der Waals surface area contributed by atoms with E-state index in [1.807, 2.05) is 32.0 Å². The largest absolute Gasteiger partial charge is 0.423 e. The Labute approximate surface area is 171 Å². The average Bonchev–Trinajstić information content (AvgIpc) is 2.76. The van der Waals surface area contributed by atoms with Gasteiger partial charge in [0.25, 0.3) is 5.69 Å². The molecule has 0 aromatic heterocycles. The van der Waals surface area contributed by atoms with Gasteiger partial charge in [-0.25, -0.2) is 9.00 Å². The Morgan fingerprint density at radius 1 is 0.931 bits per heavy atom. The summed E-state index contributed by atoms with van der Waals surface area (Å²) in [5.41, 5.74) is 0.902. The van der Waals surface area contributed by atoms with Crippen molar-refractivity contribution < 1.29 is 18.7 Å². The maximum absolute atomic E-state index is 12.3. The van der Waals surface area contributed by atoms with Gasteiger partial charge in [0.15, 0.2) is 0 Å². The molecular formula is C21H20N2O5S.